The van der Waals surface area contributed by atoms with E-state index in [-0.39, 0.29) is 5.88 Å². The van der Waals surface area contributed by atoms with Gasteiger partial charge in [-0.3, -0.25) is 0 Å². The van der Waals surface area contributed by atoms with Crippen LogP contribution in [0.1, 0.15) is 0 Å². The molecule has 0 amide bonds. The van der Waals surface area contributed by atoms with Crippen LogP contribution in [-0.2, 0) is 0 Å². The summed E-state index contributed by atoms with van der Waals surface area (Å²) in [5, 5.41) is 20.3. The topological polar surface area (TPSA) is 62.6 Å². The smallest absolute Gasteiger partial charge is 0.498 e. The fraction of sp³-hybridized carbons (Fsp3) is 0. The quantitative estimate of drug-likeness (QED) is 0.553. The van der Waals surface area contributed by atoms with Crippen LogP contribution in [-0.4, -0.2) is 22.4 Å². The second kappa shape index (κ2) is 7.00. The summed E-state index contributed by atoms with van der Waals surface area (Å²) in [4.78, 5) is 4.33. The van der Waals surface area contributed by atoms with Gasteiger partial charge in [-0.2, -0.15) is 0 Å². The lowest BCUT2D eigenvalue weighted by Gasteiger charge is -2.09. The van der Waals surface area contributed by atoms with Gasteiger partial charge in [0, 0.05) is 5.56 Å². The number of hydrogen-bond donors (Lipinski definition) is 2. The van der Waals surface area contributed by atoms with Gasteiger partial charge in [-0.05, 0) is 46.2 Å². The minimum atomic E-state index is -1.89. The van der Waals surface area contributed by atoms with Crippen LogP contribution in [0, 0.1) is 0 Å². The van der Waals surface area contributed by atoms with Crippen molar-refractivity contribution in [3.8, 4) is 28.3 Å². The summed E-state index contributed by atoms with van der Waals surface area (Å²) in [6.07, 6.45) is 0. The number of aromatic nitrogens is 1. The van der Waals surface area contributed by atoms with E-state index < -0.39 is 7.32 Å². The Morgan fingerprint density at radius 2 is 1.38 bits per heavy atom. The van der Waals surface area contributed by atoms with E-state index in [4.69, 9.17) is 14.7 Å². The van der Waals surface area contributed by atoms with E-state index in [1.807, 2.05) is 30.3 Å². The fourth-order valence-electron chi connectivity index (χ4n) is 2.98. The average Bonchev–Trinajstić information content (AvgIpc) is 2.67. The molecule has 4 aromatic rings. The van der Waals surface area contributed by atoms with E-state index in [2.05, 4.69) is 47.4 Å². The number of hydrogen-bond acceptors (Lipinski definition) is 4. The predicted molar refractivity (Wildman–Crippen MR) is 103 cm³/mol. The summed E-state index contributed by atoms with van der Waals surface area (Å²) in [7, 11) is -1.89. The highest BCUT2D eigenvalue weighted by molar-refractivity contribution is 6.33. The molecular weight excluding hydrogens is 325 g/mol. The van der Waals surface area contributed by atoms with E-state index >= 15 is 0 Å². The first-order valence-electron chi connectivity index (χ1n) is 8.28. The van der Waals surface area contributed by atoms with Gasteiger partial charge in [0.15, 0.2) is 5.88 Å². The van der Waals surface area contributed by atoms with Gasteiger partial charge in [0.05, 0.1) is 5.69 Å². The van der Waals surface area contributed by atoms with Crippen molar-refractivity contribution in [1.29, 1.82) is 0 Å². The number of rotatable bonds is 4. The molecule has 5 heteroatoms. The molecule has 0 spiro atoms. The molecular formula is C21H16BNO3. The van der Waals surface area contributed by atoms with Crippen LogP contribution < -0.4 is 4.65 Å². The molecule has 0 atom stereocenters. The summed E-state index contributed by atoms with van der Waals surface area (Å²) in [5.74, 6) is 0.161. The molecule has 2 N–H and O–H groups in total. The van der Waals surface area contributed by atoms with Gasteiger partial charge >= 0.3 is 7.32 Å². The highest BCUT2D eigenvalue weighted by Gasteiger charge is 2.12. The maximum absolute atomic E-state index is 8.94. The lowest BCUT2D eigenvalue weighted by molar-refractivity contribution is 0.283. The van der Waals surface area contributed by atoms with Gasteiger partial charge in [0.1, 0.15) is 0 Å². The van der Waals surface area contributed by atoms with Crippen LogP contribution >= 0.6 is 0 Å². The number of pyridine rings is 1. The summed E-state index contributed by atoms with van der Waals surface area (Å²) in [5.41, 5.74) is 3.84. The Hall–Kier alpha value is -3.15. The molecule has 0 aliphatic carbocycles. The molecule has 0 aliphatic heterocycles. The molecule has 0 saturated heterocycles. The van der Waals surface area contributed by atoms with E-state index in [9.17, 15) is 0 Å². The van der Waals surface area contributed by atoms with Crippen molar-refractivity contribution >= 4 is 18.1 Å². The van der Waals surface area contributed by atoms with Crippen molar-refractivity contribution in [3.63, 3.8) is 0 Å². The van der Waals surface area contributed by atoms with Crippen LogP contribution in [0.15, 0.2) is 84.9 Å². The highest BCUT2D eigenvalue weighted by Crippen LogP contribution is 2.28. The molecule has 0 bridgehead atoms. The minimum absolute atomic E-state index is 0.161. The second-order valence-corrected chi connectivity index (χ2v) is 5.95. The number of nitrogens with zero attached hydrogens (tertiary/aromatic N) is 1. The van der Waals surface area contributed by atoms with Crippen LogP contribution in [0.25, 0.3) is 33.2 Å². The van der Waals surface area contributed by atoms with Crippen LogP contribution in [0.5, 0.6) is 5.88 Å². The van der Waals surface area contributed by atoms with Crippen molar-refractivity contribution in [1.82, 2.24) is 4.98 Å². The van der Waals surface area contributed by atoms with Crippen LogP contribution in [0.4, 0.5) is 0 Å². The third-order valence-corrected chi connectivity index (χ3v) is 4.19. The summed E-state index contributed by atoms with van der Waals surface area (Å²) in [6.45, 7) is 0. The Bertz CT molecular complexity index is 1070. The second-order valence-electron chi connectivity index (χ2n) is 5.95. The molecule has 4 rings (SSSR count). The Morgan fingerprint density at radius 3 is 2.23 bits per heavy atom. The van der Waals surface area contributed by atoms with E-state index in [1.165, 1.54) is 10.8 Å². The first-order chi connectivity index (χ1) is 12.7. The first kappa shape index (κ1) is 16.3. The van der Waals surface area contributed by atoms with Gasteiger partial charge in [-0.15, -0.1) is 0 Å². The normalized spacial score (nSPS) is 10.7. The zero-order valence-corrected chi connectivity index (χ0v) is 13.9. The van der Waals surface area contributed by atoms with Gasteiger partial charge < -0.3 is 14.7 Å². The van der Waals surface area contributed by atoms with E-state index in [0.717, 1.165) is 16.7 Å². The van der Waals surface area contributed by atoms with E-state index in [1.54, 1.807) is 12.1 Å². The molecule has 0 unspecified atom stereocenters. The minimum Gasteiger partial charge on any atom is -0.498 e. The number of benzene rings is 3. The molecule has 126 valence electrons. The molecule has 1 aromatic heterocycles. The van der Waals surface area contributed by atoms with Gasteiger partial charge in [0.25, 0.3) is 0 Å². The zero-order chi connectivity index (χ0) is 17.9. The Morgan fingerprint density at radius 1 is 0.654 bits per heavy atom. The van der Waals surface area contributed by atoms with Crippen molar-refractivity contribution in [2.45, 2.75) is 0 Å². The molecule has 0 fully saturated rings. The maximum atomic E-state index is 8.94. The number of fused-ring (bicyclic) bond motifs is 1. The molecule has 3 aromatic carbocycles. The lowest BCUT2D eigenvalue weighted by atomic mass is 9.99. The largest absolute Gasteiger partial charge is 0.708 e. The van der Waals surface area contributed by atoms with Crippen molar-refractivity contribution in [2.75, 3.05) is 0 Å². The Labute approximate surface area is 151 Å². The molecule has 0 aliphatic rings. The monoisotopic (exact) mass is 341 g/mol. The molecule has 1 heterocycles. The van der Waals surface area contributed by atoms with Crippen LogP contribution in [0.2, 0.25) is 0 Å². The fourth-order valence-corrected chi connectivity index (χ4v) is 2.98. The van der Waals surface area contributed by atoms with Gasteiger partial charge in [-0.25, -0.2) is 4.98 Å². The third-order valence-electron chi connectivity index (χ3n) is 4.19. The molecule has 4 nitrogen and oxygen atoms in total. The molecule has 26 heavy (non-hydrogen) atoms. The van der Waals surface area contributed by atoms with Crippen molar-refractivity contribution in [3.05, 3.63) is 84.9 Å². The Kier molecular flexibility index (Phi) is 4.40. The SMILES string of the molecule is OB(O)Oc1cccc(-c2cccc(-c3ccc4ccccc4c3)c2)n1. The Balaban J connectivity index is 1.72. The predicted octanol–water partition coefficient (Wildman–Crippen LogP) is 3.92. The van der Waals surface area contributed by atoms with Crippen molar-refractivity contribution < 1.29 is 14.7 Å². The maximum Gasteiger partial charge on any atom is 0.708 e. The van der Waals surface area contributed by atoms with Crippen LogP contribution in [0.3, 0.4) is 0 Å². The highest BCUT2D eigenvalue weighted by atomic mass is 16.6. The standard InChI is InChI=1S/C21H16BNO3/c24-22(25)26-21-10-4-9-20(23-21)19-8-3-7-17(14-19)18-12-11-15-5-1-2-6-16(15)13-18/h1-14,24-25H. The summed E-state index contributed by atoms with van der Waals surface area (Å²) >= 11 is 0. The summed E-state index contributed by atoms with van der Waals surface area (Å²) in [6, 6.07) is 27.9. The first-order valence-corrected chi connectivity index (χ1v) is 8.28. The lowest BCUT2D eigenvalue weighted by Crippen LogP contribution is -2.21. The molecule has 0 saturated carbocycles. The van der Waals surface area contributed by atoms with E-state index in [0.29, 0.717) is 5.69 Å². The van der Waals surface area contributed by atoms with Crippen molar-refractivity contribution in [2.24, 2.45) is 0 Å². The van der Waals surface area contributed by atoms with Gasteiger partial charge in [-0.1, -0.05) is 60.7 Å². The average molecular weight is 341 g/mol. The molecule has 0 radical (unpaired) electrons. The zero-order valence-electron chi connectivity index (χ0n) is 13.9. The third kappa shape index (κ3) is 3.44. The summed E-state index contributed by atoms with van der Waals surface area (Å²) < 4.78 is 4.84. The van der Waals surface area contributed by atoms with Gasteiger partial charge in [0.2, 0.25) is 0 Å².